The lowest BCUT2D eigenvalue weighted by molar-refractivity contribution is 0.0614. The minimum atomic E-state index is -0.177. The number of carbonyl (C=O) groups is 2. The lowest BCUT2D eigenvalue weighted by Gasteiger charge is -2.33. The minimum absolute atomic E-state index is 0.0238. The fourth-order valence-electron chi connectivity index (χ4n) is 5.16. The first-order valence-electron chi connectivity index (χ1n) is 14.5. The number of ether oxygens (including phenoxy) is 4. The SMILES string of the molecule is COCCCOc1cc(C(=O)N(C[C@H]2CNC[C@H]2CN(C(=O)OCC2(C)CC2)C2CC2)C(C)C)ccc1OC. The zero-order valence-corrected chi connectivity index (χ0v) is 24.4. The van der Waals surface area contributed by atoms with Crippen molar-refractivity contribution in [2.45, 2.75) is 65.0 Å². The predicted molar refractivity (Wildman–Crippen MR) is 149 cm³/mol. The Hall–Kier alpha value is -2.52. The van der Waals surface area contributed by atoms with Gasteiger partial charge in [0.1, 0.15) is 0 Å². The van der Waals surface area contributed by atoms with Gasteiger partial charge in [-0.1, -0.05) is 6.92 Å². The highest BCUT2D eigenvalue weighted by Gasteiger charge is 2.42. The van der Waals surface area contributed by atoms with E-state index < -0.39 is 0 Å². The van der Waals surface area contributed by atoms with Gasteiger partial charge in [0.25, 0.3) is 5.91 Å². The molecule has 9 heteroatoms. The predicted octanol–water partition coefficient (Wildman–Crippen LogP) is 4.20. The highest BCUT2D eigenvalue weighted by Crippen LogP contribution is 2.45. The molecule has 3 fully saturated rings. The van der Waals surface area contributed by atoms with Crippen LogP contribution < -0.4 is 14.8 Å². The van der Waals surface area contributed by atoms with Gasteiger partial charge < -0.3 is 34.1 Å². The summed E-state index contributed by atoms with van der Waals surface area (Å²) in [5, 5.41) is 3.51. The van der Waals surface area contributed by atoms with E-state index in [1.165, 1.54) is 0 Å². The van der Waals surface area contributed by atoms with Crippen molar-refractivity contribution in [3.63, 3.8) is 0 Å². The second-order valence-corrected chi connectivity index (χ2v) is 12.0. The van der Waals surface area contributed by atoms with Crippen LogP contribution in [0.3, 0.4) is 0 Å². The fourth-order valence-corrected chi connectivity index (χ4v) is 5.16. The van der Waals surface area contributed by atoms with E-state index in [0.717, 1.165) is 45.2 Å². The number of benzene rings is 1. The van der Waals surface area contributed by atoms with Gasteiger partial charge in [0.15, 0.2) is 11.5 Å². The monoisotopic (exact) mass is 545 g/mol. The van der Waals surface area contributed by atoms with Gasteiger partial charge in [-0.25, -0.2) is 4.79 Å². The average Bonchev–Trinajstić information content (AvgIpc) is 3.86. The Morgan fingerprint density at radius 2 is 1.77 bits per heavy atom. The van der Waals surface area contributed by atoms with Crippen LogP contribution in [0.2, 0.25) is 0 Å². The molecule has 39 heavy (non-hydrogen) atoms. The second-order valence-electron chi connectivity index (χ2n) is 12.0. The number of methoxy groups -OCH3 is 2. The van der Waals surface area contributed by atoms with Crippen molar-refractivity contribution in [3.8, 4) is 11.5 Å². The third-order valence-electron chi connectivity index (χ3n) is 8.26. The van der Waals surface area contributed by atoms with Gasteiger partial charge in [0, 0.05) is 69.4 Å². The zero-order valence-electron chi connectivity index (χ0n) is 24.4. The molecule has 0 aromatic heterocycles. The van der Waals surface area contributed by atoms with E-state index in [4.69, 9.17) is 18.9 Å². The molecule has 4 rings (SSSR count). The molecule has 1 heterocycles. The molecule has 9 nitrogen and oxygen atoms in total. The smallest absolute Gasteiger partial charge is 0.410 e. The van der Waals surface area contributed by atoms with Crippen molar-refractivity contribution in [2.75, 3.05) is 60.2 Å². The summed E-state index contributed by atoms with van der Waals surface area (Å²) in [5.41, 5.74) is 0.752. The van der Waals surface area contributed by atoms with Crippen LogP contribution in [0.1, 0.15) is 63.2 Å². The van der Waals surface area contributed by atoms with Gasteiger partial charge in [-0.3, -0.25) is 4.79 Å². The largest absolute Gasteiger partial charge is 0.493 e. The highest BCUT2D eigenvalue weighted by molar-refractivity contribution is 5.95. The van der Waals surface area contributed by atoms with Gasteiger partial charge in [-0.2, -0.15) is 0 Å². The molecule has 1 aliphatic heterocycles. The van der Waals surface area contributed by atoms with E-state index >= 15 is 0 Å². The molecule has 3 aliphatic rings. The molecular formula is C30H47N3O6. The quantitative estimate of drug-likeness (QED) is 0.331. The van der Waals surface area contributed by atoms with Crippen LogP contribution in [0, 0.1) is 17.3 Å². The molecule has 2 saturated carbocycles. The lowest BCUT2D eigenvalue weighted by Crippen LogP contribution is -2.45. The molecule has 0 radical (unpaired) electrons. The molecule has 0 unspecified atom stereocenters. The van der Waals surface area contributed by atoms with Crippen LogP contribution in [0.5, 0.6) is 11.5 Å². The van der Waals surface area contributed by atoms with E-state index in [-0.39, 0.29) is 41.3 Å². The Morgan fingerprint density at radius 1 is 1.05 bits per heavy atom. The minimum Gasteiger partial charge on any atom is -0.493 e. The van der Waals surface area contributed by atoms with Crippen molar-refractivity contribution in [1.82, 2.24) is 15.1 Å². The van der Waals surface area contributed by atoms with Crippen molar-refractivity contribution in [3.05, 3.63) is 23.8 Å². The van der Waals surface area contributed by atoms with Crippen LogP contribution >= 0.6 is 0 Å². The Labute approximate surface area is 233 Å². The van der Waals surface area contributed by atoms with E-state index in [1.807, 2.05) is 23.6 Å². The molecule has 1 N–H and O–H groups in total. The average molecular weight is 546 g/mol. The van der Waals surface area contributed by atoms with Crippen molar-refractivity contribution in [2.24, 2.45) is 17.3 Å². The standard InChI is InChI=1S/C30H47N3O6/c1-21(2)32(28(34)22-7-10-26(37-5)27(15-22)38-14-6-13-36-4)18-23-16-31-17-24(23)19-33(25-8-9-25)29(35)39-20-30(3)11-12-30/h7,10,15,21,23-25,31H,6,8-9,11-14,16-20H2,1-5H3/t23-,24+/m1/s1. The molecule has 0 spiro atoms. The number of nitrogens with zero attached hydrogens (tertiary/aromatic N) is 2. The number of hydrogen-bond acceptors (Lipinski definition) is 7. The van der Waals surface area contributed by atoms with Gasteiger partial charge in [0.05, 0.1) is 20.3 Å². The Morgan fingerprint density at radius 3 is 2.38 bits per heavy atom. The van der Waals surface area contributed by atoms with Crippen molar-refractivity contribution >= 4 is 12.0 Å². The summed E-state index contributed by atoms with van der Waals surface area (Å²) >= 11 is 0. The normalized spacial score (nSPS) is 21.5. The van der Waals surface area contributed by atoms with Crippen LogP contribution in [-0.2, 0) is 9.47 Å². The first-order valence-corrected chi connectivity index (χ1v) is 14.5. The van der Waals surface area contributed by atoms with Crippen LogP contribution in [0.4, 0.5) is 4.79 Å². The Kier molecular flexibility index (Phi) is 9.99. The molecule has 1 saturated heterocycles. The lowest BCUT2D eigenvalue weighted by atomic mass is 9.94. The van der Waals surface area contributed by atoms with Crippen LogP contribution in [0.15, 0.2) is 18.2 Å². The van der Waals surface area contributed by atoms with Gasteiger partial charge >= 0.3 is 6.09 Å². The summed E-state index contributed by atoms with van der Waals surface area (Å²) in [6.07, 6.45) is 4.92. The first-order chi connectivity index (χ1) is 18.7. The number of rotatable bonds is 15. The number of carbonyl (C=O) groups excluding carboxylic acids is 2. The zero-order chi connectivity index (χ0) is 28.0. The second kappa shape index (κ2) is 13.2. The van der Waals surface area contributed by atoms with E-state index in [9.17, 15) is 9.59 Å². The molecule has 2 aliphatic carbocycles. The maximum atomic E-state index is 13.7. The molecule has 1 aromatic carbocycles. The highest BCUT2D eigenvalue weighted by atomic mass is 16.6. The topological polar surface area (TPSA) is 89.6 Å². The van der Waals surface area contributed by atoms with Crippen molar-refractivity contribution in [1.29, 1.82) is 0 Å². The van der Waals surface area contributed by atoms with E-state index in [1.54, 1.807) is 32.4 Å². The maximum Gasteiger partial charge on any atom is 0.410 e. The summed E-state index contributed by atoms with van der Waals surface area (Å²) in [6, 6.07) is 5.68. The third kappa shape index (κ3) is 8.01. The van der Waals surface area contributed by atoms with E-state index in [2.05, 4.69) is 12.2 Å². The summed E-state index contributed by atoms with van der Waals surface area (Å²) in [5.74, 6) is 1.63. The van der Waals surface area contributed by atoms with Crippen LogP contribution in [0.25, 0.3) is 0 Å². The number of amides is 2. The van der Waals surface area contributed by atoms with Gasteiger partial charge in [-0.15, -0.1) is 0 Å². The van der Waals surface area contributed by atoms with Gasteiger partial charge in [0.2, 0.25) is 0 Å². The fraction of sp³-hybridized carbons (Fsp3) is 0.733. The molecule has 1 aromatic rings. The van der Waals surface area contributed by atoms with Gasteiger partial charge in [-0.05, 0) is 69.6 Å². The van der Waals surface area contributed by atoms with Crippen LogP contribution in [-0.4, -0.2) is 94.1 Å². The molecular weight excluding hydrogens is 498 g/mol. The Bertz CT molecular complexity index is 977. The van der Waals surface area contributed by atoms with Crippen molar-refractivity contribution < 1.29 is 28.5 Å². The molecule has 2 amide bonds. The summed E-state index contributed by atoms with van der Waals surface area (Å²) in [6.45, 7) is 10.8. The molecule has 2 atom stereocenters. The van der Waals surface area contributed by atoms with E-state index in [0.29, 0.717) is 50.0 Å². The summed E-state index contributed by atoms with van der Waals surface area (Å²) in [4.78, 5) is 30.6. The summed E-state index contributed by atoms with van der Waals surface area (Å²) in [7, 11) is 3.26. The number of nitrogens with one attached hydrogen (secondary N) is 1. The Balaban J connectivity index is 1.40. The molecule has 218 valence electrons. The maximum absolute atomic E-state index is 13.7. The number of hydrogen-bond donors (Lipinski definition) is 1. The first kappa shape index (κ1) is 29.5. The molecule has 0 bridgehead atoms. The third-order valence-corrected chi connectivity index (χ3v) is 8.26. The summed E-state index contributed by atoms with van der Waals surface area (Å²) < 4.78 is 22.2.